The van der Waals surface area contributed by atoms with Crippen molar-refractivity contribution in [3.8, 4) is 16.9 Å². The van der Waals surface area contributed by atoms with Gasteiger partial charge in [-0.3, -0.25) is 19.2 Å². The van der Waals surface area contributed by atoms with E-state index in [-0.39, 0.29) is 43.3 Å². The molecule has 0 saturated heterocycles. The second-order valence-electron chi connectivity index (χ2n) is 10.9. The summed E-state index contributed by atoms with van der Waals surface area (Å²) in [5.74, 6) is -0.126. The molecule has 1 amide bonds. The first-order valence-electron chi connectivity index (χ1n) is 13.1. The minimum absolute atomic E-state index is 0.0704. The van der Waals surface area contributed by atoms with Crippen LogP contribution in [0.15, 0.2) is 53.5 Å². The second kappa shape index (κ2) is 11.8. The molecule has 0 radical (unpaired) electrons. The van der Waals surface area contributed by atoms with Crippen LogP contribution in [0.1, 0.15) is 61.6 Å². The van der Waals surface area contributed by atoms with Crippen molar-refractivity contribution in [2.24, 2.45) is 0 Å². The predicted octanol–water partition coefficient (Wildman–Crippen LogP) is 5.43. The molecule has 1 unspecified atom stereocenters. The number of methoxy groups -OCH3 is 1. The Labute approximate surface area is 238 Å². The van der Waals surface area contributed by atoms with E-state index in [1.807, 2.05) is 26.8 Å². The number of fused-ring (bicyclic) bond motifs is 1. The van der Waals surface area contributed by atoms with Crippen LogP contribution in [0.4, 0.5) is 5.69 Å². The zero-order chi connectivity index (χ0) is 29.2. The Bertz CT molecular complexity index is 1540. The van der Waals surface area contributed by atoms with Gasteiger partial charge in [0, 0.05) is 40.9 Å². The van der Waals surface area contributed by atoms with Gasteiger partial charge in [-0.15, -0.1) is 0 Å². The number of nitrogens with zero attached hydrogens (tertiary/aromatic N) is 1. The molecule has 0 saturated carbocycles. The molecule has 4 rings (SSSR count). The second-order valence-corrected chi connectivity index (χ2v) is 11.3. The molecule has 40 heavy (non-hydrogen) atoms. The highest BCUT2D eigenvalue weighted by Gasteiger charge is 2.26. The molecule has 0 bridgehead atoms. The van der Waals surface area contributed by atoms with Crippen molar-refractivity contribution < 1.29 is 23.9 Å². The number of hydrogen-bond donors (Lipinski definition) is 1. The third-order valence-corrected chi connectivity index (χ3v) is 6.96. The van der Waals surface area contributed by atoms with Gasteiger partial charge in [-0.05, 0) is 75.1 Å². The Morgan fingerprint density at radius 2 is 1.82 bits per heavy atom. The molecular formula is C31H33ClN2O6. The van der Waals surface area contributed by atoms with E-state index in [9.17, 15) is 19.2 Å². The number of pyridine rings is 1. The molecule has 210 valence electrons. The molecule has 1 N–H and O–H groups in total. The number of ketones is 2. The number of carbonyl (C=O) groups is 3. The van der Waals surface area contributed by atoms with Crippen LogP contribution in [0.25, 0.3) is 11.1 Å². The summed E-state index contributed by atoms with van der Waals surface area (Å²) >= 11 is 6.23. The van der Waals surface area contributed by atoms with Crippen molar-refractivity contribution in [1.29, 1.82) is 0 Å². The van der Waals surface area contributed by atoms with Crippen molar-refractivity contribution >= 4 is 34.8 Å². The minimum Gasteiger partial charge on any atom is -0.495 e. The fraction of sp³-hybridized carbons (Fsp3) is 0.355. The van der Waals surface area contributed by atoms with E-state index in [0.717, 1.165) is 16.8 Å². The maximum atomic E-state index is 13.7. The van der Waals surface area contributed by atoms with E-state index >= 15 is 0 Å². The van der Waals surface area contributed by atoms with Gasteiger partial charge in [0.1, 0.15) is 5.75 Å². The minimum atomic E-state index is -0.836. The number of ether oxygens (including phenoxy) is 2. The largest absolute Gasteiger partial charge is 0.495 e. The molecule has 0 aliphatic carbocycles. The number of benzene rings is 2. The van der Waals surface area contributed by atoms with E-state index in [4.69, 9.17) is 21.1 Å². The van der Waals surface area contributed by atoms with Gasteiger partial charge < -0.3 is 19.4 Å². The fourth-order valence-electron chi connectivity index (χ4n) is 4.84. The first-order chi connectivity index (χ1) is 18.9. The highest BCUT2D eigenvalue weighted by Crippen LogP contribution is 2.34. The molecule has 1 atom stereocenters. The summed E-state index contributed by atoms with van der Waals surface area (Å²) in [6.45, 7) is 7.46. The third kappa shape index (κ3) is 6.69. The van der Waals surface area contributed by atoms with Crippen molar-refractivity contribution in [2.75, 3.05) is 19.0 Å². The summed E-state index contributed by atoms with van der Waals surface area (Å²) in [7, 11) is 1.46. The summed E-state index contributed by atoms with van der Waals surface area (Å²) in [5, 5.41) is 3.20. The first-order valence-corrected chi connectivity index (χ1v) is 13.4. The standard InChI is InChI=1S/C31H33ClN2O6/c1-18(35)22-8-7-21(32)15-23(22)24-16-30(38)34(17-28(24)39-5)26(10-11-40-31(2,3)4)27(36)13-19-6-9-25-20(12-19)14-29(37)33-25/h6-9,12,15-17,26H,10-11,13-14H2,1-5H3,(H,33,37). The van der Waals surface area contributed by atoms with E-state index in [0.29, 0.717) is 27.5 Å². The number of anilines is 1. The topological polar surface area (TPSA) is 104 Å². The SMILES string of the molecule is COc1cn(C(CCOC(C)(C)C)C(=O)Cc2ccc3c(c2)CC(=O)N3)c(=O)cc1-c1cc(Cl)ccc1C(C)=O. The van der Waals surface area contributed by atoms with Gasteiger partial charge in [-0.2, -0.15) is 0 Å². The lowest BCUT2D eigenvalue weighted by Gasteiger charge is -2.24. The number of aromatic nitrogens is 1. The molecule has 2 heterocycles. The van der Waals surface area contributed by atoms with Crippen molar-refractivity contribution in [3.63, 3.8) is 0 Å². The van der Waals surface area contributed by atoms with Gasteiger partial charge in [0.15, 0.2) is 11.6 Å². The molecule has 0 fully saturated rings. The number of amides is 1. The molecule has 1 aliphatic rings. The van der Waals surface area contributed by atoms with E-state index in [1.54, 1.807) is 30.3 Å². The van der Waals surface area contributed by atoms with Gasteiger partial charge in [0.2, 0.25) is 5.91 Å². The molecule has 8 nitrogen and oxygen atoms in total. The first kappa shape index (κ1) is 29.2. The Hall–Kier alpha value is -3.75. The smallest absolute Gasteiger partial charge is 0.252 e. The summed E-state index contributed by atoms with van der Waals surface area (Å²) in [5.41, 5.74) is 2.77. The Kier molecular flexibility index (Phi) is 8.61. The van der Waals surface area contributed by atoms with E-state index < -0.39 is 17.2 Å². The summed E-state index contributed by atoms with van der Waals surface area (Å²) in [6.07, 6.45) is 2.11. The number of nitrogens with one attached hydrogen (secondary N) is 1. The normalized spacial score (nSPS) is 13.5. The van der Waals surface area contributed by atoms with Gasteiger partial charge in [-0.1, -0.05) is 23.7 Å². The molecule has 1 aromatic heterocycles. The zero-order valence-corrected chi connectivity index (χ0v) is 24.1. The van der Waals surface area contributed by atoms with Gasteiger partial charge in [0.25, 0.3) is 5.56 Å². The summed E-state index contributed by atoms with van der Waals surface area (Å²) in [4.78, 5) is 51.3. The summed E-state index contributed by atoms with van der Waals surface area (Å²) < 4.78 is 12.9. The number of hydrogen-bond acceptors (Lipinski definition) is 6. The van der Waals surface area contributed by atoms with Crippen LogP contribution in [0.5, 0.6) is 5.75 Å². The Balaban J connectivity index is 1.73. The van der Waals surface area contributed by atoms with Crippen LogP contribution in [0.2, 0.25) is 5.02 Å². The predicted molar refractivity (Wildman–Crippen MR) is 155 cm³/mol. The maximum absolute atomic E-state index is 13.7. The van der Waals surface area contributed by atoms with Crippen molar-refractivity contribution in [3.05, 3.63) is 80.7 Å². The molecular weight excluding hydrogens is 532 g/mol. The third-order valence-electron chi connectivity index (χ3n) is 6.72. The van der Waals surface area contributed by atoms with Crippen LogP contribution < -0.4 is 15.6 Å². The van der Waals surface area contributed by atoms with Gasteiger partial charge in [0.05, 0.1) is 31.4 Å². The lowest BCUT2D eigenvalue weighted by Crippen LogP contribution is -2.32. The van der Waals surface area contributed by atoms with Crippen LogP contribution in [0.3, 0.4) is 0 Å². The molecule has 1 aliphatic heterocycles. The molecule has 0 spiro atoms. The Morgan fingerprint density at radius 3 is 2.50 bits per heavy atom. The van der Waals surface area contributed by atoms with E-state index in [1.165, 1.54) is 30.9 Å². The van der Waals surface area contributed by atoms with Crippen molar-refractivity contribution in [1.82, 2.24) is 4.57 Å². The zero-order valence-electron chi connectivity index (χ0n) is 23.3. The average molecular weight is 565 g/mol. The monoisotopic (exact) mass is 564 g/mol. The number of carbonyl (C=O) groups excluding carboxylic acids is 3. The number of Topliss-reactive ketones (excluding diaryl/α,β-unsaturated/α-hetero) is 2. The van der Waals surface area contributed by atoms with Crippen molar-refractivity contribution in [2.45, 2.75) is 58.6 Å². The van der Waals surface area contributed by atoms with Crippen LogP contribution in [-0.4, -0.2) is 41.4 Å². The average Bonchev–Trinajstić information content (AvgIpc) is 3.25. The Morgan fingerprint density at radius 1 is 1.07 bits per heavy atom. The van der Waals surface area contributed by atoms with E-state index in [2.05, 4.69) is 5.32 Å². The lowest BCUT2D eigenvalue weighted by atomic mass is 9.96. The molecule has 9 heteroatoms. The maximum Gasteiger partial charge on any atom is 0.252 e. The van der Waals surface area contributed by atoms with Crippen LogP contribution >= 0.6 is 11.6 Å². The van der Waals surface area contributed by atoms with Crippen LogP contribution in [-0.2, 0) is 27.2 Å². The van der Waals surface area contributed by atoms with Gasteiger partial charge >= 0.3 is 0 Å². The lowest BCUT2D eigenvalue weighted by molar-refractivity contribution is -0.122. The number of rotatable bonds is 10. The van der Waals surface area contributed by atoms with Gasteiger partial charge in [-0.25, -0.2) is 0 Å². The highest BCUT2D eigenvalue weighted by atomic mass is 35.5. The molecule has 2 aromatic carbocycles. The summed E-state index contributed by atoms with van der Waals surface area (Å²) in [6, 6.07) is 10.8. The molecule has 3 aromatic rings. The van der Waals surface area contributed by atoms with Crippen LogP contribution in [0, 0.1) is 0 Å². The number of halogens is 1. The fourth-order valence-corrected chi connectivity index (χ4v) is 5.01. The quantitative estimate of drug-likeness (QED) is 0.329. The highest BCUT2D eigenvalue weighted by molar-refractivity contribution is 6.31.